The third-order valence-corrected chi connectivity index (χ3v) is 8.23. The fourth-order valence-corrected chi connectivity index (χ4v) is 6.27. The van der Waals surface area contributed by atoms with Crippen molar-refractivity contribution in [2.75, 3.05) is 31.1 Å². The molecule has 1 N–H and O–H groups in total. The molecule has 1 amide bonds. The molecule has 0 aromatic carbocycles. The van der Waals surface area contributed by atoms with Gasteiger partial charge in [-0.15, -0.1) is 0 Å². The molecule has 2 saturated heterocycles. The van der Waals surface area contributed by atoms with E-state index in [2.05, 4.69) is 43.5 Å². The van der Waals surface area contributed by atoms with Crippen LogP contribution in [-0.2, 0) is 17.8 Å². The lowest BCUT2D eigenvalue weighted by Gasteiger charge is -2.39. The monoisotopic (exact) mass is 467 g/mol. The van der Waals surface area contributed by atoms with Crippen molar-refractivity contribution in [2.45, 2.75) is 96.7 Å². The molecular formula is C26H41N7O. The van der Waals surface area contributed by atoms with Crippen molar-refractivity contribution in [3.63, 3.8) is 0 Å². The number of nitrogens with one attached hydrogen (secondary N) is 1. The predicted octanol–water partition coefficient (Wildman–Crippen LogP) is 3.54. The van der Waals surface area contributed by atoms with Crippen molar-refractivity contribution in [3.8, 4) is 0 Å². The molecule has 0 radical (unpaired) electrons. The third-order valence-electron chi connectivity index (χ3n) is 8.23. The number of fused-ring (bicyclic) bond motifs is 3. The standard InChI is InChI=1S/C26H41N7O/c1-19-9-6-10-20(2)32(19)16-8-13-27-26(34)21-11-7-14-31(17-21)24-23-25(29-18-28-24)33-15-5-3-4-12-22(33)30-23/h18-21H,3-17H2,1-2H3,(H,27,34)/t19-,20+,21-/m1/s1. The third kappa shape index (κ3) is 4.92. The van der Waals surface area contributed by atoms with E-state index in [9.17, 15) is 4.79 Å². The van der Waals surface area contributed by atoms with Gasteiger partial charge in [0, 0.05) is 51.2 Å². The Kier molecular flexibility index (Phi) is 7.32. The first-order chi connectivity index (χ1) is 16.6. The average Bonchev–Trinajstić information content (AvgIpc) is 3.04. The van der Waals surface area contributed by atoms with Crippen molar-refractivity contribution in [1.82, 2.24) is 29.7 Å². The van der Waals surface area contributed by atoms with Crippen molar-refractivity contribution in [3.05, 3.63) is 12.2 Å². The Hall–Kier alpha value is -2.22. The number of nitrogens with zero attached hydrogens (tertiary/aromatic N) is 6. The predicted molar refractivity (Wildman–Crippen MR) is 135 cm³/mol. The van der Waals surface area contributed by atoms with Crippen molar-refractivity contribution >= 4 is 22.9 Å². The van der Waals surface area contributed by atoms with Crippen LogP contribution in [0.4, 0.5) is 5.82 Å². The van der Waals surface area contributed by atoms with Gasteiger partial charge in [-0.3, -0.25) is 9.69 Å². The second kappa shape index (κ2) is 10.6. The number of rotatable bonds is 6. The molecule has 3 atom stereocenters. The number of carbonyl (C=O) groups excluding carboxylic acids is 1. The number of imidazole rings is 1. The quantitative estimate of drug-likeness (QED) is 0.655. The van der Waals surface area contributed by atoms with E-state index < -0.39 is 0 Å². The Labute approximate surface area is 203 Å². The maximum Gasteiger partial charge on any atom is 0.224 e. The molecule has 34 heavy (non-hydrogen) atoms. The number of hydrogen-bond acceptors (Lipinski definition) is 6. The van der Waals surface area contributed by atoms with Gasteiger partial charge in [0.15, 0.2) is 17.0 Å². The van der Waals surface area contributed by atoms with Crippen molar-refractivity contribution < 1.29 is 4.79 Å². The van der Waals surface area contributed by atoms with E-state index in [-0.39, 0.29) is 11.8 Å². The maximum absolute atomic E-state index is 13.0. The Morgan fingerprint density at radius 3 is 2.74 bits per heavy atom. The van der Waals surface area contributed by atoms with Gasteiger partial charge in [-0.25, -0.2) is 15.0 Å². The molecule has 0 unspecified atom stereocenters. The summed E-state index contributed by atoms with van der Waals surface area (Å²) in [5.74, 6) is 2.23. The molecule has 186 valence electrons. The molecule has 2 aromatic rings. The largest absolute Gasteiger partial charge is 0.356 e. The van der Waals surface area contributed by atoms with E-state index >= 15 is 0 Å². The number of anilines is 1. The molecule has 0 spiro atoms. The normalized spacial score (nSPS) is 26.3. The average molecular weight is 468 g/mol. The number of hydrogen-bond donors (Lipinski definition) is 1. The Balaban J connectivity index is 1.19. The number of piperidine rings is 2. The molecule has 8 heteroatoms. The van der Waals surface area contributed by atoms with Crippen LogP contribution in [0.15, 0.2) is 6.33 Å². The summed E-state index contributed by atoms with van der Waals surface area (Å²) in [6.45, 7) is 9.13. The summed E-state index contributed by atoms with van der Waals surface area (Å²) in [6.07, 6.45) is 13.2. The zero-order valence-corrected chi connectivity index (χ0v) is 21.0. The Morgan fingerprint density at radius 1 is 1.03 bits per heavy atom. The highest BCUT2D eigenvalue weighted by Crippen LogP contribution is 2.29. The first-order valence-corrected chi connectivity index (χ1v) is 13.6. The molecule has 0 saturated carbocycles. The molecule has 2 fully saturated rings. The van der Waals surface area contributed by atoms with Crippen LogP contribution in [0, 0.1) is 5.92 Å². The second-order valence-corrected chi connectivity index (χ2v) is 10.7. The molecule has 3 aliphatic heterocycles. The van der Waals surface area contributed by atoms with Crippen LogP contribution >= 0.6 is 0 Å². The zero-order chi connectivity index (χ0) is 23.5. The molecular weight excluding hydrogens is 426 g/mol. The van der Waals surface area contributed by atoms with Gasteiger partial charge in [0.05, 0.1) is 5.92 Å². The Bertz CT molecular complexity index is 979. The van der Waals surface area contributed by atoms with Gasteiger partial charge in [0.1, 0.15) is 12.2 Å². The van der Waals surface area contributed by atoms with E-state index in [0.29, 0.717) is 18.6 Å². The molecule has 5 heterocycles. The van der Waals surface area contributed by atoms with Gasteiger partial charge in [0.25, 0.3) is 0 Å². The minimum absolute atomic E-state index is 0.00652. The fraction of sp³-hybridized carbons (Fsp3) is 0.769. The van der Waals surface area contributed by atoms with Crippen LogP contribution in [0.25, 0.3) is 11.2 Å². The minimum atomic E-state index is 0.00652. The number of amides is 1. The lowest BCUT2D eigenvalue weighted by atomic mass is 9.96. The van der Waals surface area contributed by atoms with Crippen LogP contribution in [0.5, 0.6) is 0 Å². The molecule has 8 nitrogen and oxygen atoms in total. The highest BCUT2D eigenvalue weighted by atomic mass is 16.1. The summed E-state index contributed by atoms with van der Waals surface area (Å²) in [6, 6.07) is 1.32. The van der Waals surface area contributed by atoms with Crippen LogP contribution < -0.4 is 10.2 Å². The number of likely N-dealkylation sites (tertiary alicyclic amines) is 1. The SMILES string of the molecule is C[C@@H]1CCC[C@H](C)N1CCCNC(=O)[C@@H]1CCCN(c2ncnc3c2nc2n3CCCCC2)C1. The summed E-state index contributed by atoms with van der Waals surface area (Å²) in [5.41, 5.74) is 1.86. The summed E-state index contributed by atoms with van der Waals surface area (Å²) in [5, 5.41) is 3.23. The van der Waals surface area contributed by atoms with Crippen LogP contribution in [0.1, 0.15) is 77.5 Å². The van der Waals surface area contributed by atoms with Crippen molar-refractivity contribution in [2.24, 2.45) is 5.92 Å². The maximum atomic E-state index is 13.0. The van der Waals surface area contributed by atoms with Gasteiger partial charge >= 0.3 is 0 Å². The molecule has 0 aliphatic carbocycles. The Morgan fingerprint density at radius 2 is 1.88 bits per heavy atom. The highest BCUT2D eigenvalue weighted by Gasteiger charge is 2.29. The van der Waals surface area contributed by atoms with E-state index in [1.807, 2.05) is 0 Å². The van der Waals surface area contributed by atoms with E-state index in [1.54, 1.807) is 6.33 Å². The van der Waals surface area contributed by atoms with Gasteiger partial charge in [0.2, 0.25) is 5.91 Å². The minimum Gasteiger partial charge on any atom is -0.356 e. The highest BCUT2D eigenvalue weighted by molar-refractivity contribution is 5.85. The van der Waals surface area contributed by atoms with E-state index in [4.69, 9.17) is 4.98 Å². The van der Waals surface area contributed by atoms with Crippen LogP contribution in [-0.4, -0.2) is 68.6 Å². The van der Waals surface area contributed by atoms with Crippen LogP contribution in [0.2, 0.25) is 0 Å². The van der Waals surface area contributed by atoms with Gasteiger partial charge in [-0.1, -0.05) is 12.8 Å². The summed E-state index contributed by atoms with van der Waals surface area (Å²) >= 11 is 0. The van der Waals surface area contributed by atoms with Crippen LogP contribution in [0.3, 0.4) is 0 Å². The number of carbonyl (C=O) groups is 1. The first kappa shape index (κ1) is 23.5. The van der Waals surface area contributed by atoms with Gasteiger partial charge < -0.3 is 14.8 Å². The number of aryl methyl sites for hydroxylation is 2. The summed E-state index contributed by atoms with van der Waals surface area (Å²) in [7, 11) is 0. The summed E-state index contributed by atoms with van der Waals surface area (Å²) in [4.78, 5) is 32.1. The van der Waals surface area contributed by atoms with Gasteiger partial charge in [-0.05, 0) is 58.8 Å². The van der Waals surface area contributed by atoms with Crippen molar-refractivity contribution in [1.29, 1.82) is 0 Å². The fourth-order valence-electron chi connectivity index (χ4n) is 6.27. The lowest BCUT2D eigenvalue weighted by molar-refractivity contribution is -0.125. The number of aromatic nitrogens is 4. The molecule has 5 rings (SSSR count). The molecule has 0 bridgehead atoms. The summed E-state index contributed by atoms with van der Waals surface area (Å²) < 4.78 is 2.28. The second-order valence-electron chi connectivity index (χ2n) is 10.7. The smallest absolute Gasteiger partial charge is 0.224 e. The molecule has 2 aromatic heterocycles. The molecule has 3 aliphatic rings. The zero-order valence-electron chi connectivity index (χ0n) is 21.0. The van der Waals surface area contributed by atoms with Gasteiger partial charge in [-0.2, -0.15) is 0 Å². The van der Waals surface area contributed by atoms with E-state index in [1.165, 1.54) is 38.5 Å². The lowest BCUT2D eigenvalue weighted by Crippen LogP contribution is -2.46. The topological polar surface area (TPSA) is 79.2 Å². The first-order valence-electron chi connectivity index (χ1n) is 13.6. The van der Waals surface area contributed by atoms with E-state index in [0.717, 1.165) is 74.7 Å².